The minimum absolute atomic E-state index is 0.185. The Labute approximate surface area is 114 Å². The van der Waals surface area contributed by atoms with Crippen molar-refractivity contribution in [3.05, 3.63) is 40.8 Å². The van der Waals surface area contributed by atoms with Crippen LogP contribution < -0.4 is 5.32 Å². The average molecular weight is 288 g/mol. The molecule has 3 nitrogen and oxygen atoms in total. The monoisotopic (exact) mass is 287 g/mol. The Morgan fingerprint density at radius 2 is 1.78 bits per heavy atom. The second-order valence-corrected chi connectivity index (χ2v) is 8.26. The summed E-state index contributed by atoms with van der Waals surface area (Å²) in [7, 11) is -3.34. The molecule has 0 atom stereocenters. The molecule has 0 aliphatic rings. The highest BCUT2D eigenvalue weighted by atomic mass is 35.5. The van der Waals surface area contributed by atoms with E-state index in [9.17, 15) is 8.42 Å². The van der Waals surface area contributed by atoms with E-state index >= 15 is 0 Å². The highest BCUT2D eigenvalue weighted by Gasteiger charge is 2.31. The zero-order valence-corrected chi connectivity index (χ0v) is 12.4. The molecule has 0 saturated carbocycles. The molecule has 0 spiro atoms. The summed E-state index contributed by atoms with van der Waals surface area (Å²) < 4.78 is 23.3. The minimum atomic E-state index is -3.34. The first-order valence-electron chi connectivity index (χ1n) is 5.56. The molecule has 1 aromatic rings. The van der Waals surface area contributed by atoms with Gasteiger partial charge in [-0.2, -0.15) is 0 Å². The van der Waals surface area contributed by atoms with Crippen molar-refractivity contribution in [2.24, 2.45) is 0 Å². The lowest BCUT2D eigenvalue weighted by Gasteiger charge is -2.21. The largest absolute Gasteiger partial charge is 0.380 e. The third-order valence-corrected chi connectivity index (χ3v) is 5.29. The summed E-state index contributed by atoms with van der Waals surface area (Å²) >= 11 is 5.77. The fourth-order valence-electron chi connectivity index (χ4n) is 1.30. The van der Waals surface area contributed by atoms with Crippen LogP contribution in [0.2, 0.25) is 5.02 Å². The highest BCUT2D eigenvalue weighted by Crippen LogP contribution is 2.23. The first-order chi connectivity index (χ1) is 8.14. The van der Waals surface area contributed by atoms with Gasteiger partial charge in [-0.25, -0.2) is 8.42 Å². The van der Waals surface area contributed by atoms with E-state index in [1.807, 2.05) is 0 Å². The van der Waals surface area contributed by atoms with Crippen molar-refractivity contribution in [3.63, 3.8) is 0 Å². The molecular formula is C13H18ClNO2S. The van der Waals surface area contributed by atoms with Gasteiger partial charge in [-0.1, -0.05) is 18.2 Å². The van der Waals surface area contributed by atoms with Gasteiger partial charge in [0.15, 0.2) is 9.84 Å². The molecule has 0 aliphatic heterocycles. The zero-order chi connectivity index (χ0) is 14.0. The van der Waals surface area contributed by atoms with Gasteiger partial charge in [0.05, 0.1) is 16.2 Å². The van der Waals surface area contributed by atoms with Crippen LogP contribution in [0.25, 0.3) is 0 Å². The van der Waals surface area contributed by atoms with Gasteiger partial charge in [0.25, 0.3) is 0 Å². The first-order valence-corrected chi connectivity index (χ1v) is 7.42. The number of hydrogen-bond acceptors (Lipinski definition) is 3. The van der Waals surface area contributed by atoms with Crippen molar-refractivity contribution in [2.75, 3.05) is 11.9 Å². The number of anilines is 1. The second-order valence-electron chi connectivity index (χ2n) is 5.01. The van der Waals surface area contributed by atoms with Gasteiger partial charge in [-0.05, 0) is 45.0 Å². The Hall–Kier alpha value is -1.00. The molecule has 0 aliphatic carbocycles. The van der Waals surface area contributed by atoms with Crippen LogP contribution in [0.3, 0.4) is 0 Å². The van der Waals surface area contributed by atoms with Crippen LogP contribution in [0.5, 0.6) is 0 Å². The van der Waals surface area contributed by atoms with Gasteiger partial charge in [0.1, 0.15) is 0 Å². The van der Waals surface area contributed by atoms with Crippen LogP contribution in [0.1, 0.15) is 20.8 Å². The van der Waals surface area contributed by atoms with Crippen LogP contribution in [0, 0.1) is 0 Å². The molecule has 0 saturated heterocycles. The Bertz CT molecular complexity index is 527. The quantitative estimate of drug-likeness (QED) is 0.922. The third kappa shape index (κ3) is 3.50. The predicted molar refractivity (Wildman–Crippen MR) is 77.8 cm³/mol. The van der Waals surface area contributed by atoms with Gasteiger partial charge in [0, 0.05) is 10.7 Å². The van der Waals surface area contributed by atoms with Crippen molar-refractivity contribution in [1.29, 1.82) is 0 Å². The fourth-order valence-corrected chi connectivity index (χ4v) is 2.55. The van der Waals surface area contributed by atoms with E-state index in [1.165, 1.54) is 0 Å². The van der Waals surface area contributed by atoms with E-state index in [2.05, 4.69) is 11.9 Å². The number of sulfone groups is 1. The van der Waals surface area contributed by atoms with E-state index in [0.29, 0.717) is 5.02 Å². The summed E-state index contributed by atoms with van der Waals surface area (Å²) in [5.74, 6) is 0. The van der Waals surface area contributed by atoms with Gasteiger partial charge in [0.2, 0.25) is 0 Å². The lowest BCUT2D eigenvalue weighted by Crippen LogP contribution is -2.31. The molecule has 5 heteroatoms. The summed E-state index contributed by atoms with van der Waals surface area (Å²) in [6, 6.07) is 7.06. The van der Waals surface area contributed by atoms with E-state index in [1.54, 1.807) is 45.0 Å². The summed E-state index contributed by atoms with van der Waals surface area (Å²) in [5, 5.41) is 3.65. The average Bonchev–Trinajstić information content (AvgIpc) is 2.26. The zero-order valence-electron chi connectivity index (χ0n) is 10.8. The van der Waals surface area contributed by atoms with Crippen molar-refractivity contribution >= 4 is 27.1 Å². The molecule has 1 aromatic carbocycles. The predicted octanol–water partition coefficient (Wildman–Crippen LogP) is 3.48. The van der Waals surface area contributed by atoms with Gasteiger partial charge in [-0.15, -0.1) is 0 Å². The van der Waals surface area contributed by atoms with Gasteiger partial charge in [-0.3, -0.25) is 0 Å². The van der Waals surface area contributed by atoms with Crippen LogP contribution in [-0.2, 0) is 9.84 Å². The maximum Gasteiger partial charge on any atom is 0.180 e. The number of halogens is 1. The summed E-state index contributed by atoms with van der Waals surface area (Å²) in [6.07, 6.45) is 0. The van der Waals surface area contributed by atoms with Crippen LogP contribution in [-0.4, -0.2) is 19.7 Å². The van der Waals surface area contributed by atoms with E-state index in [-0.39, 0.29) is 11.4 Å². The summed E-state index contributed by atoms with van der Waals surface area (Å²) in [6.45, 7) is 8.83. The maximum absolute atomic E-state index is 12.1. The van der Waals surface area contributed by atoms with Crippen LogP contribution in [0.15, 0.2) is 35.7 Å². The molecule has 18 heavy (non-hydrogen) atoms. The normalized spacial score (nSPS) is 12.2. The molecule has 0 heterocycles. The van der Waals surface area contributed by atoms with Gasteiger partial charge >= 0.3 is 0 Å². The Morgan fingerprint density at radius 1 is 1.28 bits per heavy atom. The van der Waals surface area contributed by atoms with Crippen molar-refractivity contribution in [2.45, 2.75) is 25.5 Å². The lowest BCUT2D eigenvalue weighted by atomic mass is 10.3. The van der Waals surface area contributed by atoms with Gasteiger partial charge < -0.3 is 5.32 Å². The summed E-state index contributed by atoms with van der Waals surface area (Å²) in [5.41, 5.74) is 0.810. The molecule has 0 bridgehead atoms. The molecule has 0 unspecified atom stereocenters. The smallest absolute Gasteiger partial charge is 0.180 e. The van der Waals surface area contributed by atoms with Crippen LogP contribution >= 0.6 is 11.6 Å². The van der Waals surface area contributed by atoms with Crippen molar-refractivity contribution < 1.29 is 8.42 Å². The molecule has 100 valence electrons. The van der Waals surface area contributed by atoms with E-state index < -0.39 is 14.6 Å². The fraction of sp³-hybridized carbons (Fsp3) is 0.385. The van der Waals surface area contributed by atoms with E-state index in [0.717, 1.165) is 5.69 Å². The number of nitrogens with one attached hydrogen (secondary N) is 1. The lowest BCUT2D eigenvalue weighted by molar-refractivity contribution is 0.566. The molecule has 0 fully saturated rings. The number of hydrogen-bond donors (Lipinski definition) is 1. The number of rotatable bonds is 4. The standard InChI is InChI=1S/C13H18ClNO2S/c1-10(18(16,17)13(2,3)4)9-15-12-7-5-11(14)6-8-12/h5-8,15H,1,9H2,2-4H3. The second kappa shape index (κ2) is 5.33. The SMILES string of the molecule is C=C(CNc1ccc(Cl)cc1)S(=O)(=O)C(C)(C)C. The number of benzene rings is 1. The third-order valence-electron chi connectivity index (χ3n) is 2.52. The van der Waals surface area contributed by atoms with Crippen molar-refractivity contribution in [1.82, 2.24) is 0 Å². The first kappa shape index (κ1) is 15.1. The van der Waals surface area contributed by atoms with E-state index in [4.69, 9.17) is 11.6 Å². The topological polar surface area (TPSA) is 46.2 Å². The highest BCUT2D eigenvalue weighted by molar-refractivity contribution is 7.96. The Morgan fingerprint density at radius 3 is 2.22 bits per heavy atom. The Balaban J connectivity index is 2.71. The summed E-state index contributed by atoms with van der Waals surface area (Å²) in [4.78, 5) is 0.185. The molecule has 0 radical (unpaired) electrons. The minimum Gasteiger partial charge on any atom is -0.380 e. The van der Waals surface area contributed by atoms with Crippen LogP contribution in [0.4, 0.5) is 5.69 Å². The molecule has 0 aromatic heterocycles. The molecular weight excluding hydrogens is 270 g/mol. The Kier molecular flexibility index (Phi) is 4.46. The molecule has 1 N–H and O–H groups in total. The van der Waals surface area contributed by atoms with Crippen molar-refractivity contribution in [3.8, 4) is 0 Å². The maximum atomic E-state index is 12.1. The molecule has 1 rings (SSSR count). The molecule has 0 amide bonds.